The lowest BCUT2D eigenvalue weighted by Gasteiger charge is -2.08. The number of nitrogens with zero attached hydrogens (tertiary/aromatic N) is 1. The predicted molar refractivity (Wildman–Crippen MR) is 81.2 cm³/mol. The van der Waals surface area contributed by atoms with Crippen LogP contribution in [0.2, 0.25) is 0 Å². The Bertz CT molecular complexity index is 777. The number of rotatable bonds is 5. The molecule has 0 saturated carbocycles. The normalized spacial score (nSPS) is 11.0. The van der Waals surface area contributed by atoms with Crippen molar-refractivity contribution in [3.8, 4) is 6.07 Å². The zero-order valence-corrected chi connectivity index (χ0v) is 12.5. The van der Waals surface area contributed by atoms with Crippen LogP contribution in [-0.4, -0.2) is 15.0 Å². The van der Waals surface area contributed by atoms with Gasteiger partial charge in [-0.2, -0.15) is 5.26 Å². The van der Waals surface area contributed by atoms with Gasteiger partial charge in [0.2, 0.25) is 10.0 Å². The second kappa shape index (κ2) is 6.53. The van der Waals surface area contributed by atoms with E-state index in [0.717, 1.165) is 11.1 Å². The summed E-state index contributed by atoms with van der Waals surface area (Å²) in [5, 5.41) is 8.97. The highest BCUT2D eigenvalue weighted by Crippen LogP contribution is 2.14. The van der Waals surface area contributed by atoms with Crippen LogP contribution in [0.15, 0.2) is 53.4 Å². The quantitative estimate of drug-likeness (QED) is 0.921. The van der Waals surface area contributed by atoms with E-state index in [9.17, 15) is 8.42 Å². The highest BCUT2D eigenvalue weighted by molar-refractivity contribution is 7.89. The van der Waals surface area contributed by atoms with Crippen LogP contribution in [-0.2, 0) is 16.4 Å². The van der Waals surface area contributed by atoms with Crippen molar-refractivity contribution in [2.45, 2.75) is 18.2 Å². The molecule has 0 aromatic heterocycles. The molecule has 0 aliphatic carbocycles. The molecule has 0 atom stereocenters. The fourth-order valence-electron chi connectivity index (χ4n) is 2.07. The molecule has 0 radical (unpaired) electrons. The van der Waals surface area contributed by atoms with Crippen molar-refractivity contribution in [1.82, 2.24) is 4.72 Å². The minimum absolute atomic E-state index is 0.0248. The third-order valence-electron chi connectivity index (χ3n) is 3.09. The van der Waals surface area contributed by atoms with Gasteiger partial charge in [-0.1, -0.05) is 42.0 Å². The zero-order chi connectivity index (χ0) is 15.3. The Hall–Kier alpha value is -2.16. The SMILES string of the molecule is Cc1cccc(CCNS(=O)(=O)c2ccccc2C#N)c1. The lowest BCUT2D eigenvalue weighted by Crippen LogP contribution is -2.26. The molecule has 0 amide bonds. The summed E-state index contributed by atoms with van der Waals surface area (Å²) in [7, 11) is -3.66. The average Bonchev–Trinajstić information content (AvgIpc) is 2.47. The van der Waals surface area contributed by atoms with Crippen LogP contribution < -0.4 is 4.72 Å². The summed E-state index contributed by atoms with van der Waals surface area (Å²) in [4.78, 5) is 0.0248. The number of sulfonamides is 1. The zero-order valence-electron chi connectivity index (χ0n) is 11.7. The third kappa shape index (κ3) is 3.91. The van der Waals surface area contributed by atoms with Gasteiger partial charge in [0.15, 0.2) is 0 Å². The van der Waals surface area contributed by atoms with Crippen LogP contribution in [0.4, 0.5) is 0 Å². The molecule has 0 aliphatic rings. The van der Waals surface area contributed by atoms with E-state index in [4.69, 9.17) is 5.26 Å². The Morgan fingerprint density at radius 2 is 1.90 bits per heavy atom. The van der Waals surface area contributed by atoms with Gasteiger partial charge in [-0.15, -0.1) is 0 Å². The van der Waals surface area contributed by atoms with Crippen LogP contribution in [0, 0.1) is 18.3 Å². The number of aryl methyl sites for hydroxylation is 1. The van der Waals surface area contributed by atoms with Crippen LogP contribution in [0.1, 0.15) is 16.7 Å². The van der Waals surface area contributed by atoms with E-state index >= 15 is 0 Å². The summed E-state index contributed by atoms with van der Waals surface area (Å²) in [6, 6.07) is 16.0. The number of nitrogens with one attached hydrogen (secondary N) is 1. The monoisotopic (exact) mass is 300 g/mol. The molecule has 0 bridgehead atoms. The standard InChI is InChI=1S/C16H16N2O2S/c1-13-5-4-6-14(11-13)9-10-18-21(19,20)16-8-3-2-7-15(16)12-17/h2-8,11,18H,9-10H2,1H3. The number of hydrogen-bond donors (Lipinski definition) is 1. The molecule has 4 nitrogen and oxygen atoms in total. The van der Waals surface area contributed by atoms with E-state index in [1.54, 1.807) is 12.1 Å². The van der Waals surface area contributed by atoms with Gasteiger partial charge >= 0.3 is 0 Å². The van der Waals surface area contributed by atoms with Gasteiger partial charge in [0.05, 0.1) is 10.5 Å². The van der Waals surface area contributed by atoms with Crippen molar-refractivity contribution in [3.05, 3.63) is 65.2 Å². The summed E-state index contributed by atoms with van der Waals surface area (Å²) in [5.41, 5.74) is 2.37. The molecule has 5 heteroatoms. The molecule has 0 aliphatic heterocycles. The van der Waals surface area contributed by atoms with Crippen molar-refractivity contribution in [3.63, 3.8) is 0 Å². The van der Waals surface area contributed by atoms with Crippen LogP contribution >= 0.6 is 0 Å². The Labute approximate surface area is 125 Å². The Kier molecular flexibility index (Phi) is 4.73. The van der Waals surface area contributed by atoms with E-state index in [-0.39, 0.29) is 10.5 Å². The van der Waals surface area contributed by atoms with Crippen LogP contribution in [0.3, 0.4) is 0 Å². The summed E-state index contributed by atoms with van der Waals surface area (Å²) in [6.45, 7) is 2.29. The Balaban J connectivity index is 2.07. The molecule has 2 aromatic carbocycles. The van der Waals surface area contributed by atoms with Crippen LogP contribution in [0.5, 0.6) is 0 Å². The molecule has 0 saturated heterocycles. The lowest BCUT2D eigenvalue weighted by atomic mass is 10.1. The van der Waals surface area contributed by atoms with E-state index in [1.807, 2.05) is 37.3 Å². The van der Waals surface area contributed by atoms with Gasteiger partial charge in [0.1, 0.15) is 6.07 Å². The highest BCUT2D eigenvalue weighted by atomic mass is 32.2. The van der Waals surface area contributed by atoms with Crippen LogP contribution in [0.25, 0.3) is 0 Å². The van der Waals surface area contributed by atoms with Crippen molar-refractivity contribution in [2.24, 2.45) is 0 Å². The minimum Gasteiger partial charge on any atom is -0.211 e. The van der Waals surface area contributed by atoms with E-state index < -0.39 is 10.0 Å². The molecular formula is C16H16N2O2S. The maximum atomic E-state index is 12.2. The van der Waals surface area contributed by atoms with Crippen molar-refractivity contribution in [1.29, 1.82) is 5.26 Å². The second-order valence-corrected chi connectivity index (χ2v) is 6.48. The Morgan fingerprint density at radius 1 is 1.14 bits per heavy atom. The largest absolute Gasteiger partial charge is 0.241 e. The number of hydrogen-bond acceptors (Lipinski definition) is 3. The summed E-state index contributed by atoms with van der Waals surface area (Å²) in [6.07, 6.45) is 0.607. The first-order valence-corrected chi connectivity index (χ1v) is 8.05. The molecule has 2 rings (SSSR count). The summed E-state index contributed by atoms with van der Waals surface area (Å²) >= 11 is 0. The second-order valence-electron chi connectivity index (χ2n) is 4.74. The first-order valence-electron chi connectivity index (χ1n) is 6.57. The molecule has 108 valence electrons. The number of nitriles is 1. The Morgan fingerprint density at radius 3 is 2.62 bits per heavy atom. The average molecular weight is 300 g/mol. The third-order valence-corrected chi connectivity index (χ3v) is 4.60. The van der Waals surface area contributed by atoms with Gasteiger partial charge in [-0.3, -0.25) is 0 Å². The van der Waals surface area contributed by atoms with Gasteiger partial charge in [0.25, 0.3) is 0 Å². The molecule has 0 heterocycles. The van der Waals surface area contributed by atoms with Crippen molar-refractivity contribution in [2.75, 3.05) is 6.54 Å². The first-order chi connectivity index (χ1) is 10.0. The maximum absolute atomic E-state index is 12.2. The van der Waals surface area contributed by atoms with Crippen molar-refractivity contribution < 1.29 is 8.42 Å². The maximum Gasteiger partial charge on any atom is 0.241 e. The molecule has 0 unspecified atom stereocenters. The van der Waals surface area contributed by atoms with Crippen molar-refractivity contribution >= 4 is 10.0 Å². The van der Waals surface area contributed by atoms with Gasteiger partial charge in [-0.05, 0) is 31.0 Å². The molecule has 0 spiro atoms. The molecule has 0 fully saturated rings. The predicted octanol–water partition coefficient (Wildman–Crippen LogP) is 2.39. The summed E-state index contributed by atoms with van der Waals surface area (Å²) < 4.78 is 27.0. The van der Waals surface area contributed by atoms with Gasteiger partial charge < -0.3 is 0 Å². The van der Waals surface area contributed by atoms with E-state index in [1.165, 1.54) is 12.1 Å². The van der Waals surface area contributed by atoms with Gasteiger partial charge in [0, 0.05) is 6.54 Å². The molecular weight excluding hydrogens is 284 g/mol. The van der Waals surface area contributed by atoms with E-state index in [2.05, 4.69) is 4.72 Å². The molecule has 21 heavy (non-hydrogen) atoms. The fraction of sp³-hybridized carbons (Fsp3) is 0.188. The first kappa shape index (κ1) is 15.2. The van der Waals surface area contributed by atoms with E-state index in [0.29, 0.717) is 13.0 Å². The smallest absolute Gasteiger partial charge is 0.211 e. The highest BCUT2D eigenvalue weighted by Gasteiger charge is 2.17. The topological polar surface area (TPSA) is 70.0 Å². The summed E-state index contributed by atoms with van der Waals surface area (Å²) in [5.74, 6) is 0. The molecule has 2 aromatic rings. The lowest BCUT2D eigenvalue weighted by molar-refractivity contribution is 0.581. The fourth-order valence-corrected chi connectivity index (χ4v) is 3.26. The minimum atomic E-state index is -3.66. The van der Waals surface area contributed by atoms with Gasteiger partial charge in [-0.25, -0.2) is 13.1 Å². The number of benzene rings is 2. The molecule has 1 N–H and O–H groups in total.